The summed E-state index contributed by atoms with van der Waals surface area (Å²) in [5, 5.41) is 35.2. The zero-order valence-electron chi connectivity index (χ0n) is 8.38. The van der Waals surface area contributed by atoms with Crippen LogP contribution in [0.3, 0.4) is 0 Å². The Kier molecular flexibility index (Phi) is 4.92. The van der Waals surface area contributed by atoms with Crippen LogP contribution in [-0.4, -0.2) is 61.4 Å². The summed E-state index contributed by atoms with van der Waals surface area (Å²) in [5.41, 5.74) is -2.11. The van der Waals surface area contributed by atoms with Crippen LogP contribution in [-0.2, 0) is 0 Å². The molecule has 0 unspecified atom stereocenters. The maximum absolute atomic E-state index is 10.7. The van der Waals surface area contributed by atoms with Crippen LogP contribution in [0.1, 0.15) is 31.1 Å². The largest absolute Gasteiger partial charge is 0.507 e. The second-order valence-electron chi connectivity index (χ2n) is 2.83. The summed E-state index contributed by atoms with van der Waals surface area (Å²) in [5.74, 6) is -5.64. The van der Waals surface area contributed by atoms with Crippen molar-refractivity contribution in [2.45, 2.75) is 0 Å². The third-order valence-electron chi connectivity index (χ3n) is 1.81. The zero-order chi connectivity index (χ0) is 12.5. The predicted molar refractivity (Wildman–Crippen MR) is 54.7 cm³/mol. The molecule has 8 heteroatoms. The summed E-state index contributed by atoms with van der Waals surface area (Å²) in [7, 11) is 0. The Balaban J connectivity index is 0.00000256. The van der Waals surface area contributed by atoms with Gasteiger partial charge in [-0.05, 0) is 12.1 Å². The number of carboxylic acids is 3. The molecule has 0 atom stereocenters. The molecule has 0 saturated heterocycles. The number of hydrogen-bond donors (Lipinski definition) is 4. The van der Waals surface area contributed by atoms with E-state index in [1.165, 1.54) is 0 Å². The lowest BCUT2D eigenvalue weighted by atomic mass is 10.0. The molecule has 1 aromatic carbocycles. The van der Waals surface area contributed by atoms with E-state index >= 15 is 0 Å². The van der Waals surface area contributed by atoms with Gasteiger partial charge >= 0.3 is 17.9 Å². The highest BCUT2D eigenvalue weighted by Gasteiger charge is 2.23. The van der Waals surface area contributed by atoms with Crippen molar-refractivity contribution < 1.29 is 34.8 Å². The van der Waals surface area contributed by atoms with Crippen LogP contribution in [0, 0.1) is 0 Å². The molecule has 0 spiro atoms. The van der Waals surface area contributed by atoms with E-state index in [1.54, 1.807) is 0 Å². The first-order chi connectivity index (χ1) is 7.34. The molecule has 0 aliphatic rings. The first kappa shape index (κ1) is 15.2. The Bertz CT molecular complexity index is 494. The highest BCUT2D eigenvalue weighted by atomic mass is 24.3. The molecule has 0 aliphatic carbocycles. The van der Waals surface area contributed by atoms with Crippen molar-refractivity contribution >= 4 is 41.0 Å². The molecule has 86 valence electrons. The van der Waals surface area contributed by atoms with Crippen LogP contribution in [0.2, 0.25) is 0 Å². The molecule has 0 heterocycles. The van der Waals surface area contributed by atoms with Gasteiger partial charge in [-0.2, -0.15) is 0 Å². The van der Waals surface area contributed by atoms with Gasteiger partial charge < -0.3 is 20.4 Å². The Hall–Kier alpha value is -1.80. The summed E-state index contributed by atoms with van der Waals surface area (Å²) in [6, 6.07) is 1.35. The molecule has 0 amide bonds. The standard InChI is InChI=1S/C9H6O7.Mg/c10-5-2-3(7(11)12)1-4(8(13)14)6(5)9(15)16;/h1-2,10H,(H,11,12)(H,13,14)(H,15,16);. The Labute approximate surface area is 110 Å². The number of phenols is 1. The third-order valence-corrected chi connectivity index (χ3v) is 1.81. The number of benzene rings is 1. The number of aromatic hydroxyl groups is 1. The van der Waals surface area contributed by atoms with E-state index in [2.05, 4.69) is 0 Å². The number of carbonyl (C=O) groups is 3. The average Bonchev–Trinajstić information content (AvgIpc) is 2.15. The van der Waals surface area contributed by atoms with E-state index in [1.807, 2.05) is 0 Å². The molecule has 17 heavy (non-hydrogen) atoms. The molecule has 0 aromatic heterocycles. The Morgan fingerprint density at radius 3 is 1.76 bits per heavy atom. The normalized spacial score (nSPS) is 9.18. The van der Waals surface area contributed by atoms with Gasteiger partial charge in [-0.1, -0.05) is 0 Å². The minimum Gasteiger partial charge on any atom is -0.507 e. The van der Waals surface area contributed by atoms with Crippen molar-refractivity contribution in [1.82, 2.24) is 0 Å². The summed E-state index contributed by atoms with van der Waals surface area (Å²) >= 11 is 0. The number of rotatable bonds is 3. The lowest BCUT2D eigenvalue weighted by molar-refractivity contribution is 0.0645. The molecule has 0 fully saturated rings. The van der Waals surface area contributed by atoms with Crippen LogP contribution >= 0.6 is 0 Å². The van der Waals surface area contributed by atoms with Crippen molar-refractivity contribution in [3.8, 4) is 5.75 Å². The SMILES string of the molecule is O=C(O)c1cc(O)c(C(=O)O)c(C(=O)O)c1.[Mg]. The number of hydrogen-bond acceptors (Lipinski definition) is 4. The molecular formula is C9H6MgO7. The van der Waals surface area contributed by atoms with Gasteiger partial charge in [-0.15, -0.1) is 0 Å². The highest BCUT2D eigenvalue weighted by molar-refractivity contribution is 6.05. The summed E-state index contributed by atoms with van der Waals surface area (Å²) < 4.78 is 0. The minimum atomic E-state index is -1.65. The highest BCUT2D eigenvalue weighted by Crippen LogP contribution is 2.24. The number of aromatic carboxylic acids is 3. The van der Waals surface area contributed by atoms with Gasteiger partial charge in [-0.3, -0.25) is 0 Å². The molecule has 7 nitrogen and oxygen atoms in total. The van der Waals surface area contributed by atoms with Crippen LogP contribution in [0.15, 0.2) is 12.1 Å². The quantitative estimate of drug-likeness (QED) is 0.559. The summed E-state index contributed by atoms with van der Waals surface area (Å²) in [4.78, 5) is 31.9. The van der Waals surface area contributed by atoms with Crippen LogP contribution in [0.5, 0.6) is 5.75 Å². The second kappa shape index (κ2) is 5.50. The fourth-order valence-electron chi connectivity index (χ4n) is 1.14. The topological polar surface area (TPSA) is 132 Å². The zero-order valence-corrected chi connectivity index (χ0v) is 9.79. The molecular weight excluding hydrogens is 244 g/mol. The average molecular weight is 250 g/mol. The van der Waals surface area contributed by atoms with Gasteiger partial charge in [0.2, 0.25) is 0 Å². The molecule has 4 N–H and O–H groups in total. The van der Waals surface area contributed by atoms with Crippen molar-refractivity contribution in [2.75, 3.05) is 0 Å². The molecule has 1 rings (SSSR count). The smallest absolute Gasteiger partial charge is 0.340 e. The lowest BCUT2D eigenvalue weighted by Crippen LogP contribution is -2.10. The van der Waals surface area contributed by atoms with Crippen molar-refractivity contribution in [3.05, 3.63) is 28.8 Å². The fraction of sp³-hybridized carbons (Fsp3) is 0. The van der Waals surface area contributed by atoms with E-state index < -0.39 is 40.3 Å². The lowest BCUT2D eigenvalue weighted by Gasteiger charge is -2.05. The third kappa shape index (κ3) is 3.08. The van der Waals surface area contributed by atoms with Crippen LogP contribution in [0.4, 0.5) is 0 Å². The van der Waals surface area contributed by atoms with E-state index in [-0.39, 0.29) is 23.1 Å². The van der Waals surface area contributed by atoms with E-state index in [9.17, 15) is 19.5 Å². The molecule has 0 aliphatic heterocycles. The Morgan fingerprint density at radius 2 is 1.41 bits per heavy atom. The summed E-state index contributed by atoms with van der Waals surface area (Å²) in [6.45, 7) is 0. The number of carboxylic acid groups (broad SMARTS) is 3. The van der Waals surface area contributed by atoms with Gasteiger partial charge in [0.25, 0.3) is 0 Å². The van der Waals surface area contributed by atoms with Crippen molar-refractivity contribution in [2.24, 2.45) is 0 Å². The van der Waals surface area contributed by atoms with Crippen LogP contribution < -0.4 is 0 Å². The van der Waals surface area contributed by atoms with Gasteiger partial charge in [0.15, 0.2) is 0 Å². The second-order valence-corrected chi connectivity index (χ2v) is 2.83. The van der Waals surface area contributed by atoms with Gasteiger partial charge in [0, 0.05) is 23.1 Å². The van der Waals surface area contributed by atoms with Gasteiger partial charge in [-0.25, -0.2) is 14.4 Å². The first-order valence-electron chi connectivity index (χ1n) is 3.91. The Morgan fingerprint density at radius 1 is 0.882 bits per heavy atom. The fourth-order valence-corrected chi connectivity index (χ4v) is 1.14. The first-order valence-corrected chi connectivity index (χ1v) is 3.91. The molecule has 2 radical (unpaired) electrons. The van der Waals surface area contributed by atoms with E-state index in [0.717, 1.165) is 0 Å². The predicted octanol–water partition coefficient (Wildman–Crippen LogP) is 0.106. The molecule has 1 aromatic rings. The maximum Gasteiger partial charge on any atom is 0.340 e. The van der Waals surface area contributed by atoms with E-state index in [0.29, 0.717) is 12.1 Å². The van der Waals surface area contributed by atoms with E-state index in [4.69, 9.17) is 15.3 Å². The summed E-state index contributed by atoms with van der Waals surface area (Å²) in [6.07, 6.45) is 0. The maximum atomic E-state index is 10.7. The monoisotopic (exact) mass is 250 g/mol. The van der Waals surface area contributed by atoms with Crippen molar-refractivity contribution in [1.29, 1.82) is 0 Å². The molecule has 0 saturated carbocycles. The van der Waals surface area contributed by atoms with Crippen LogP contribution in [0.25, 0.3) is 0 Å². The van der Waals surface area contributed by atoms with Crippen molar-refractivity contribution in [3.63, 3.8) is 0 Å². The molecule has 0 bridgehead atoms. The van der Waals surface area contributed by atoms with Gasteiger partial charge in [0.05, 0.1) is 11.1 Å². The minimum absolute atomic E-state index is 0. The van der Waals surface area contributed by atoms with Gasteiger partial charge in [0.1, 0.15) is 11.3 Å².